The number of esters is 1. The molecular weight excluding hydrogens is 256 g/mol. The Hall–Kier alpha value is -1.72. The van der Waals surface area contributed by atoms with Crippen LogP contribution >= 0.6 is 0 Å². The first-order valence-electron chi connectivity index (χ1n) is 6.94. The topological polar surface area (TPSA) is 82.2 Å². The molecule has 6 heteroatoms. The van der Waals surface area contributed by atoms with E-state index in [4.69, 9.17) is 10.5 Å². The summed E-state index contributed by atoms with van der Waals surface area (Å²) < 4.78 is 6.53. The highest BCUT2D eigenvalue weighted by atomic mass is 16.5. The quantitative estimate of drug-likeness (QED) is 0.781. The lowest BCUT2D eigenvalue weighted by Gasteiger charge is -2.19. The molecule has 0 aliphatic heterocycles. The molecule has 1 heterocycles. The van der Waals surface area contributed by atoms with Crippen molar-refractivity contribution in [2.75, 3.05) is 18.2 Å². The van der Waals surface area contributed by atoms with Crippen molar-refractivity contribution in [3.8, 4) is 0 Å². The standard InChI is InChI=1S/C14H26N4O2/c1-8(2)7-10(14(19)20-6)16-13-11(15)12(9(3)4)17-18(13)5/h8-10,16H,7,15H2,1-6H3. The molecule has 20 heavy (non-hydrogen) atoms. The van der Waals surface area contributed by atoms with Gasteiger partial charge in [0.2, 0.25) is 0 Å². The number of rotatable bonds is 6. The number of nitrogens with one attached hydrogen (secondary N) is 1. The van der Waals surface area contributed by atoms with E-state index in [1.165, 1.54) is 7.11 Å². The predicted octanol–water partition coefficient (Wildman–Crippen LogP) is 2.13. The van der Waals surface area contributed by atoms with E-state index in [0.29, 0.717) is 23.8 Å². The van der Waals surface area contributed by atoms with Crippen molar-refractivity contribution >= 4 is 17.5 Å². The Bertz CT molecular complexity index is 466. The Morgan fingerprint density at radius 1 is 1.40 bits per heavy atom. The number of aryl methyl sites for hydroxylation is 1. The number of nitrogens with zero attached hydrogens (tertiary/aromatic N) is 2. The summed E-state index contributed by atoms with van der Waals surface area (Å²) in [6.07, 6.45) is 0.675. The molecule has 1 rings (SSSR count). The molecule has 0 aromatic carbocycles. The Morgan fingerprint density at radius 2 is 2.00 bits per heavy atom. The van der Waals surface area contributed by atoms with Crippen LogP contribution in [0.4, 0.5) is 11.5 Å². The minimum absolute atomic E-state index is 0.235. The van der Waals surface area contributed by atoms with Gasteiger partial charge in [-0.1, -0.05) is 27.7 Å². The molecule has 0 spiro atoms. The average Bonchev–Trinajstić information content (AvgIpc) is 2.64. The lowest BCUT2D eigenvalue weighted by atomic mass is 10.0. The first kappa shape index (κ1) is 16.3. The van der Waals surface area contributed by atoms with Gasteiger partial charge >= 0.3 is 5.97 Å². The molecule has 1 atom stereocenters. The zero-order chi connectivity index (χ0) is 15.4. The maximum atomic E-state index is 11.9. The highest BCUT2D eigenvalue weighted by Crippen LogP contribution is 2.28. The summed E-state index contributed by atoms with van der Waals surface area (Å²) in [5.74, 6) is 0.985. The van der Waals surface area contributed by atoms with Gasteiger partial charge < -0.3 is 15.8 Å². The molecule has 0 aliphatic carbocycles. The minimum atomic E-state index is -0.419. The van der Waals surface area contributed by atoms with Gasteiger partial charge in [0.1, 0.15) is 11.9 Å². The number of hydrogen-bond donors (Lipinski definition) is 2. The second kappa shape index (κ2) is 6.63. The molecule has 0 fully saturated rings. The molecule has 0 bridgehead atoms. The van der Waals surface area contributed by atoms with Gasteiger partial charge in [-0.15, -0.1) is 0 Å². The fraction of sp³-hybridized carbons (Fsp3) is 0.714. The molecule has 0 amide bonds. The van der Waals surface area contributed by atoms with E-state index in [9.17, 15) is 4.79 Å². The van der Waals surface area contributed by atoms with Crippen LogP contribution in [0.25, 0.3) is 0 Å². The second-order valence-electron chi connectivity index (χ2n) is 5.78. The number of aromatic nitrogens is 2. The van der Waals surface area contributed by atoms with E-state index < -0.39 is 6.04 Å². The summed E-state index contributed by atoms with van der Waals surface area (Å²) in [5.41, 5.74) is 7.56. The fourth-order valence-electron chi connectivity index (χ4n) is 2.15. The number of nitrogen functional groups attached to an aromatic ring is 1. The molecule has 6 nitrogen and oxygen atoms in total. The molecule has 114 valence electrons. The summed E-state index contributed by atoms with van der Waals surface area (Å²) in [5, 5.41) is 7.58. The molecule has 0 radical (unpaired) electrons. The van der Waals surface area contributed by atoms with Crippen LogP contribution in [-0.2, 0) is 16.6 Å². The molecule has 3 N–H and O–H groups in total. The predicted molar refractivity (Wildman–Crippen MR) is 80.6 cm³/mol. The van der Waals surface area contributed by atoms with Crippen LogP contribution in [0.2, 0.25) is 0 Å². The Labute approximate surface area is 120 Å². The second-order valence-corrected chi connectivity index (χ2v) is 5.78. The van der Waals surface area contributed by atoms with E-state index in [2.05, 4.69) is 24.3 Å². The van der Waals surface area contributed by atoms with Gasteiger partial charge in [0.15, 0.2) is 0 Å². The van der Waals surface area contributed by atoms with Crippen molar-refractivity contribution in [2.24, 2.45) is 13.0 Å². The molecule has 1 unspecified atom stereocenters. The van der Waals surface area contributed by atoms with Crippen molar-refractivity contribution < 1.29 is 9.53 Å². The van der Waals surface area contributed by atoms with E-state index in [0.717, 1.165) is 5.69 Å². The number of nitrogens with two attached hydrogens (primary N) is 1. The van der Waals surface area contributed by atoms with Gasteiger partial charge in [-0.05, 0) is 18.3 Å². The third-order valence-corrected chi connectivity index (χ3v) is 3.16. The smallest absolute Gasteiger partial charge is 0.328 e. The molecular formula is C14H26N4O2. The Balaban J connectivity index is 3.02. The van der Waals surface area contributed by atoms with Crippen molar-refractivity contribution in [3.63, 3.8) is 0 Å². The number of anilines is 2. The summed E-state index contributed by atoms with van der Waals surface area (Å²) in [7, 11) is 3.21. The van der Waals surface area contributed by atoms with Crippen LogP contribution in [0.3, 0.4) is 0 Å². The molecule has 0 saturated carbocycles. The zero-order valence-corrected chi connectivity index (χ0v) is 13.2. The first-order valence-corrected chi connectivity index (χ1v) is 6.94. The zero-order valence-electron chi connectivity index (χ0n) is 13.2. The summed E-state index contributed by atoms with van der Waals surface area (Å²) in [6.45, 7) is 8.19. The van der Waals surface area contributed by atoms with Gasteiger partial charge in [-0.3, -0.25) is 4.68 Å². The van der Waals surface area contributed by atoms with Crippen molar-refractivity contribution in [3.05, 3.63) is 5.69 Å². The average molecular weight is 282 g/mol. The fourth-order valence-corrected chi connectivity index (χ4v) is 2.15. The first-order chi connectivity index (χ1) is 9.27. The van der Waals surface area contributed by atoms with Gasteiger partial charge in [-0.2, -0.15) is 5.10 Å². The molecule has 0 saturated heterocycles. The lowest BCUT2D eigenvalue weighted by Crippen LogP contribution is -2.33. The largest absolute Gasteiger partial charge is 0.467 e. The van der Waals surface area contributed by atoms with Gasteiger partial charge in [0, 0.05) is 7.05 Å². The van der Waals surface area contributed by atoms with Crippen LogP contribution in [0.5, 0.6) is 0 Å². The highest BCUT2D eigenvalue weighted by molar-refractivity contribution is 5.80. The van der Waals surface area contributed by atoms with Crippen molar-refractivity contribution in [2.45, 2.75) is 46.1 Å². The van der Waals surface area contributed by atoms with Crippen LogP contribution in [-0.4, -0.2) is 28.9 Å². The van der Waals surface area contributed by atoms with E-state index in [1.807, 2.05) is 20.9 Å². The highest BCUT2D eigenvalue weighted by Gasteiger charge is 2.24. The van der Waals surface area contributed by atoms with E-state index in [1.54, 1.807) is 4.68 Å². The maximum Gasteiger partial charge on any atom is 0.328 e. The normalized spacial score (nSPS) is 12.8. The minimum Gasteiger partial charge on any atom is -0.467 e. The Kier molecular flexibility index (Phi) is 5.42. The number of carbonyl (C=O) groups excluding carboxylic acids is 1. The van der Waals surface area contributed by atoms with Crippen molar-refractivity contribution in [1.82, 2.24) is 9.78 Å². The number of ether oxygens (including phenoxy) is 1. The SMILES string of the molecule is COC(=O)C(CC(C)C)Nc1c(N)c(C(C)C)nn1C. The van der Waals surface area contributed by atoms with Crippen LogP contribution < -0.4 is 11.1 Å². The summed E-state index contributed by atoms with van der Waals surface area (Å²) in [4.78, 5) is 11.9. The third kappa shape index (κ3) is 3.65. The molecule has 1 aromatic heterocycles. The van der Waals surface area contributed by atoms with E-state index in [-0.39, 0.29) is 11.9 Å². The number of hydrogen-bond acceptors (Lipinski definition) is 5. The van der Waals surface area contributed by atoms with Gasteiger partial charge in [-0.25, -0.2) is 4.79 Å². The summed E-state index contributed by atoms with van der Waals surface area (Å²) in [6, 6.07) is -0.419. The van der Waals surface area contributed by atoms with E-state index >= 15 is 0 Å². The van der Waals surface area contributed by atoms with Gasteiger partial charge in [0.05, 0.1) is 18.5 Å². The van der Waals surface area contributed by atoms with Crippen LogP contribution in [0, 0.1) is 5.92 Å². The third-order valence-electron chi connectivity index (χ3n) is 3.16. The van der Waals surface area contributed by atoms with Gasteiger partial charge in [0.25, 0.3) is 0 Å². The van der Waals surface area contributed by atoms with Crippen LogP contribution in [0.1, 0.15) is 45.7 Å². The Morgan fingerprint density at radius 3 is 2.40 bits per heavy atom. The maximum absolute atomic E-state index is 11.9. The monoisotopic (exact) mass is 282 g/mol. The van der Waals surface area contributed by atoms with Crippen molar-refractivity contribution in [1.29, 1.82) is 0 Å². The number of carbonyl (C=O) groups is 1. The molecule has 0 aliphatic rings. The lowest BCUT2D eigenvalue weighted by molar-refractivity contribution is -0.141. The van der Waals surface area contributed by atoms with Crippen LogP contribution in [0.15, 0.2) is 0 Å². The molecule has 1 aromatic rings. The summed E-state index contributed by atoms with van der Waals surface area (Å²) >= 11 is 0. The number of methoxy groups -OCH3 is 1.